The summed E-state index contributed by atoms with van der Waals surface area (Å²) < 4.78 is 0. The highest BCUT2D eigenvalue weighted by Crippen LogP contribution is 2.27. The van der Waals surface area contributed by atoms with Gasteiger partial charge in [-0.1, -0.05) is 72.3 Å². The lowest BCUT2D eigenvalue weighted by molar-refractivity contribution is -0.117. The van der Waals surface area contributed by atoms with Gasteiger partial charge in [-0.05, 0) is 29.0 Å². The van der Waals surface area contributed by atoms with Crippen molar-refractivity contribution in [3.05, 3.63) is 83.9 Å². The molecule has 0 aliphatic rings. The molecule has 28 heavy (non-hydrogen) atoms. The van der Waals surface area contributed by atoms with E-state index in [0.717, 1.165) is 16.8 Å². The Hall–Kier alpha value is -3.51. The van der Waals surface area contributed by atoms with Gasteiger partial charge in [-0.2, -0.15) is 4.80 Å². The third-order valence-corrected chi connectivity index (χ3v) is 4.47. The molecule has 0 aliphatic heterocycles. The molecule has 1 aromatic heterocycles. The minimum Gasteiger partial charge on any atom is -0.324 e. The van der Waals surface area contributed by atoms with Crippen LogP contribution in [0.15, 0.2) is 78.9 Å². The number of hydrogen-bond donors (Lipinski definition) is 1. The summed E-state index contributed by atoms with van der Waals surface area (Å²) in [5, 5.41) is 15.6. The fourth-order valence-corrected chi connectivity index (χ4v) is 3.06. The van der Waals surface area contributed by atoms with E-state index in [4.69, 9.17) is 11.6 Å². The molecule has 6 nitrogen and oxygen atoms in total. The molecule has 0 atom stereocenters. The SMILES string of the molecule is O=C(Cn1nnc(-c2ccccc2Cl)n1)Nc1ccccc1-c1ccccc1. The summed E-state index contributed by atoms with van der Waals surface area (Å²) in [6, 6.07) is 24.8. The summed E-state index contributed by atoms with van der Waals surface area (Å²) in [6.07, 6.45) is 0. The van der Waals surface area contributed by atoms with Gasteiger partial charge in [0.1, 0.15) is 6.54 Å². The standard InChI is InChI=1S/C21H16ClN5O/c22-18-12-6-4-11-17(18)21-24-26-27(25-21)14-20(28)23-19-13-7-5-10-16(19)15-8-2-1-3-9-15/h1-13H,14H2,(H,23,28). The van der Waals surface area contributed by atoms with Crippen molar-refractivity contribution < 1.29 is 4.79 Å². The zero-order chi connectivity index (χ0) is 19.3. The zero-order valence-electron chi connectivity index (χ0n) is 14.8. The monoisotopic (exact) mass is 389 g/mol. The predicted molar refractivity (Wildman–Crippen MR) is 109 cm³/mol. The van der Waals surface area contributed by atoms with Crippen molar-refractivity contribution in [2.45, 2.75) is 6.54 Å². The molecule has 0 unspecified atom stereocenters. The van der Waals surface area contributed by atoms with Crippen LogP contribution in [0.2, 0.25) is 5.02 Å². The smallest absolute Gasteiger partial charge is 0.248 e. The Morgan fingerprint density at radius 2 is 1.57 bits per heavy atom. The molecule has 4 aromatic rings. The number of nitrogens with one attached hydrogen (secondary N) is 1. The van der Waals surface area contributed by atoms with E-state index in [1.807, 2.05) is 66.7 Å². The number of para-hydroxylation sites is 1. The molecule has 0 aliphatic carbocycles. The number of hydrogen-bond acceptors (Lipinski definition) is 4. The number of nitrogens with zero attached hydrogens (tertiary/aromatic N) is 4. The second kappa shape index (κ2) is 8.02. The number of benzene rings is 3. The molecule has 1 N–H and O–H groups in total. The van der Waals surface area contributed by atoms with Crippen molar-refractivity contribution >= 4 is 23.2 Å². The lowest BCUT2D eigenvalue weighted by atomic mass is 10.0. The molecule has 0 saturated heterocycles. The van der Waals surface area contributed by atoms with Crippen molar-refractivity contribution in [1.82, 2.24) is 20.2 Å². The van der Waals surface area contributed by atoms with Crippen LogP contribution >= 0.6 is 11.6 Å². The number of rotatable bonds is 5. The van der Waals surface area contributed by atoms with Gasteiger partial charge in [0, 0.05) is 16.8 Å². The molecule has 3 aromatic carbocycles. The Labute approximate surface area is 166 Å². The average Bonchev–Trinajstić information content (AvgIpc) is 3.17. The minimum absolute atomic E-state index is 0.0550. The van der Waals surface area contributed by atoms with Gasteiger partial charge in [0.25, 0.3) is 0 Å². The molecular formula is C21H16ClN5O. The highest BCUT2D eigenvalue weighted by molar-refractivity contribution is 6.33. The van der Waals surface area contributed by atoms with Gasteiger partial charge in [0.2, 0.25) is 11.7 Å². The van der Waals surface area contributed by atoms with E-state index in [9.17, 15) is 4.79 Å². The van der Waals surface area contributed by atoms with Gasteiger partial charge in [0.05, 0.1) is 5.02 Å². The molecule has 0 fully saturated rings. The lowest BCUT2D eigenvalue weighted by Gasteiger charge is -2.11. The first-order chi connectivity index (χ1) is 13.7. The fraction of sp³-hybridized carbons (Fsp3) is 0.0476. The van der Waals surface area contributed by atoms with Crippen LogP contribution in [0.1, 0.15) is 0 Å². The number of aromatic nitrogens is 4. The molecule has 0 spiro atoms. The number of anilines is 1. The van der Waals surface area contributed by atoms with Crippen LogP contribution in [0.25, 0.3) is 22.5 Å². The van der Waals surface area contributed by atoms with E-state index in [1.54, 1.807) is 12.1 Å². The summed E-state index contributed by atoms with van der Waals surface area (Å²) in [7, 11) is 0. The predicted octanol–water partition coefficient (Wildman–Crippen LogP) is 4.30. The average molecular weight is 390 g/mol. The molecular weight excluding hydrogens is 374 g/mol. The first-order valence-corrected chi connectivity index (χ1v) is 9.05. The number of halogens is 1. The normalized spacial score (nSPS) is 10.6. The van der Waals surface area contributed by atoms with E-state index >= 15 is 0 Å². The minimum atomic E-state index is -0.244. The summed E-state index contributed by atoms with van der Waals surface area (Å²) in [5.41, 5.74) is 3.37. The van der Waals surface area contributed by atoms with E-state index in [-0.39, 0.29) is 12.5 Å². The number of tetrazole rings is 1. The molecule has 0 bridgehead atoms. The summed E-state index contributed by atoms with van der Waals surface area (Å²) in [4.78, 5) is 13.8. The van der Waals surface area contributed by atoms with E-state index in [1.165, 1.54) is 4.80 Å². The van der Waals surface area contributed by atoms with Crippen LogP contribution in [0.3, 0.4) is 0 Å². The Morgan fingerprint density at radius 1 is 0.893 bits per heavy atom. The highest BCUT2D eigenvalue weighted by Gasteiger charge is 2.13. The van der Waals surface area contributed by atoms with Gasteiger partial charge in [-0.25, -0.2) is 0 Å². The maximum Gasteiger partial charge on any atom is 0.248 e. The van der Waals surface area contributed by atoms with Gasteiger partial charge in [-0.3, -0.25) is 4.79 Å². The van der Waals surface area contributed by atoms with Gasteiger partial charge in [0.15, 0.2) is 0 Å². The van der Waals surface area contributed by atoms with E-state index in [0.29, 0.717) is 16.4 Å². The molecule has 4 rings (SSSR count). The Bertz CT molecular complexity index is 1110. The van der Waals surface area contributed by atoms with Crippen molar-refractivity contribution in [2.75, 3.05) is 5.32 Å². The molecule has 138 valence electrons. The first-order valence-electron chi connectivity index (χ1n) is 8.68. The topological polar surface area (TPSA) is 72.7 Å². The summed E-state index contributed by atoms with van der Waals surface area (Å²) in [6.45, 7) is -0.0550. The Kier molecular flexibility index (Phi) is 5.12. The van der Waals surface area contributed by atoms with Crippen LogP contribution in [0.5, 0.6) is 0 Å². The molecule has 7 heteroatoms. The second-order valence-corrected chi connectivity index (χ2v) is 6.49. The third-order valence-electron chi connectivity index (χ3n) is 4.14. The van der Waals surface area contributed by atoms with Gasteiger partial charge in [-0.15, -0.1) is 10.2 Å². The van der Waals surface area contributed by atoms with E-state index in [2.05, 4.69) is 20.7 Å². The summed E-state index contributed by atoms with van der Waals surface area (Å²) in [5.74, 6) is 0.134. The van der Waals surface area contributed by atoms with Crippen LogP contribution in [0, 0.1) is 0 Å². The third kappa shape index (κ3) is 3.92. The number of carbonyl (C=O) groups excluding carboxylic acids is 1. The maximum atomic E-state index is 12.5. The lowest BCUT2D eigenvalue weighted by Crippen LogP contribution is -2.20. The van der Waals surface area contributed by atoms with Crippen LogP contribution < -0.4 is 5.32 Å². The Balaban J connectivity index is 1.50. The van der Waals surface area contributed by atoms with Crippen molar-refractivity contribution in [3.63, 3.8) is 0 Å². The van der Waals surface area contributed by atoms with Gasteiger partial charge < -0.3 is 5.32 Å². The quantitative estimate of drug-likeness (QED) is 0.552. The number of amides is 1. The second-order valence-electron chi connectivity index (χ2n) is 6.08. The van der Waals surface area contributed by atoms with Crippen LogP contribution in [0.4, 0.5) is 5.69 Å². The first kappa shape index (κ1) is 17.9. The van der Waals surface area contributed by atoms with Crippen molar-refractivity contribution in [3.8, 4) is 22.5 Å². The molecule has 1 heterocycles. The van der Waals surface area contributed by atoms with Crippen LogP contribution in [-0.4, -0.2) is 26.1 Å². The molecule has 0 saturated carbocycles. The number of carbonyl (C=O) groups is 1. The van der Waals surface area contributed by atoms with Crippen LogP contribution in [-0.2, 0) is 11.3 Å². The highest BCUT2D eigenvalue weighted by atomic mass is 35.5. The maximum absolute atomic E-state index is 12.5. The molecule has 1 amide bonds. The fourth-order valence-electron chi connectivity index (χ4n) is 2.84. The largest absolute Gasteiger partial charge is 0.324 e. The van der Waals surface area contributed by atoms with Crippen molar-refractivity contribution in [1.29, 1.82) is 0 Å². The summed E-state index contributed by atoms with van der Waals surface area (Å²) >= 11 is 6.16. The molecule has 0 radical (unpaired) electrons. The Morgan fingerprint density at radius 3 is 2.36 bits per heavy atom. The van der Waals surface area contributed by atoms with E-state index < -0.39 is 0 Å². The zero-order valence-corrected chi connectivity index (χ0v) is 15.5. The van der Waals surface area contributed by atoms with Gasteiger partial charge >= 0.3 is 0 Å². The van der Waals surface area contributed by atoms with Crippen molar-refractivity contribution in [2.24, 2.45) is 0 Å².